The first-order chi connectivity index (χ1) is 5.72. The van der Waals surface area contributed by atoms with Crippen LogP contribution in [-0.2, 0) is 11.2 Å². The van der Waals surface area contributed by atoms with Gasteiger partial charge in [0.15, 0.2) is 0 Å². The summed E-state index contributed by atoms with van der Waals surface area (Å²) < 4.78 is 8.61. The van der Waals surface area contributed by atoms with Gasteiger partial charge in [0.05, 0.1) is 6.42 Å². The molecule has 12 heavy (non-hydrogen) atoms. The maximum absolute atomic E-state index is 10.3. The molecule has 0 atom stereocenters. The molecule has 0 saturated heterocycles. The quantitative estimate of drug-likeness (QED) is 0.704. The molecule has 0 amide bonds. The molecule has 1 aromatic carbocycles. The summed E-state index contributed by atoms with van der Waals surface area (Å²) >= 11 is 0.649. The van der Waals surface area contributed by atoms with Crippen LogP contribution in [0.3, 0.4) is 0 Å². The normalized spacial score (nSPS) is 9.75. The van der Waals surface area contributed by atoms with Gasteiger partial charge in [-0.3, -0.25) is 4.79 Å². The van der Waals surface area contributed by atoms with E-state index in [1.807, 2.05) is 0 Å². The molecule has 0 bridgehead atoms. The molecule has 0 aliphatic heterocycles. The maximum Gasteiger partial charge on any atom is 0.307 e. The minimum Gasteiger partial charge on any atom is -0.481 e. The van der Waals surface area contributed by atoms with Crippen molar-refractivity contribution in [2.24, 2.45) is 0 Å². The lowest BCUT2D eigenvalue weighted by Gasteiger charge is -1.97. The Kier molecular flexibility index (Phi) is 3.13. The van der Waals surface area contributed by atoms with Crippen LogP contribution in [0.5, 0.6) is 0 Å². The summed E-state index contributed by atoms with van der Waals surface area (Å²) in [5, 5.41) is 8.44. The second-order valence-electron chi connectivity index (χ2n) is 2.31. The molecule has 0 aromatic heterocycles. The zero-order valence-electron chi connectivity index (χ0n) is 6.23. The number of rotatable bonds is 3. The molecule has 0 unspecified atom stereocenters. The van der Waals surface area contributed by atoms with Gasteiger partial charge >= 0.3 is 5.97 Å². The minimum absolute atomic E-state index is 0.0242. The Morgan fingerprint density at radius 2 is 1.92 bits per heavy atom. The van der Waals surface area contributed by atoms with E-state index in [9.17, 15) is 4.79 Å². The second kappa shape index (κ2) is 4.13. The highest BCUT2D eigenvalue weighted by atomic mass is 32.2. The molecule has 0 saturated carbocycles. The van der Waals surface area contributed by atoms with Crippen molar-refractivity contribution < 1.29 is 14.5 Å². The zero-order valence-corrected chi connectivity index (χ0v) is 7.04. The molecule has 1 rings (SSSR count). The summed E-state index contributed by atoms with van der Waals surface area (Å²) in [7, 11) is 0. The van der Waals surface area contributed by atoms with Gasteiger partial charge in [-0.15, -0.1) is 0 Å². The molecule has 0 fully saturated rings. The lowest BCUT2D eigenvalue weighted by atomic mass is 10.2. The van der Waals surface area contributed by atoms with Crippen LogP contribution in [0.1, 0.15) is 5.56 Å². The van der Waals surface area contributed by atoms with Crippen LogP contribution in [0.4, 0.5) is 0 Å². The van der Waals surface area contributed by atoms with Crippen LogP contribution in [-0.4, -0.2) is 15.6 Å². The van der Waals surface area contributed by atoms with Gasteiger partial charge in [0.25, 0.3) is 0 Å². The van der Waals surface area contributed by atoms with Gasteiger partial charge in [-0.05, 0) is 17.7 Å². The smallest absolute Gasteiger partial charge is 0.307 e. The fourth-order valence-electron chi connectivity index (χ4n) is 0.843. The monoisotopic (exact) mass is 184 g/mol. The molecule has 0 radical (unpaired) electrons. The summed E-state index contributed by atoms with van der Waals surface area (Å²) in [6.07, 6.45) is 0.0242. The summed E-state index contributed by atoms with van der Waals surface area (Å²) in [6, 6.07) is 6.74. The van der Waals surface area contributed by atoms with Crippen molar-refractivity contribution >= 4 is 18.0 Å². The Bertz CT molecular complexity index is 268. The Labute approximate surface area is 74.2 Å². The number of hydrogen-bond donors (Lipinski definition) is 2. The third-order valence-corrected chi connectivity index (χ3v) is 1.87. The van der Waals surface area contributed by atoms with Gasteiger partial charge < -0.3 is 9.66 Å². The van der Waals surface area contributed by atoms with Crippen LogP contribution >= 0.6 is 12.0 Å². The molecule has 0 aliphatic rings. The largest absolute Gasteiger partial charge is 0.481 e. The van der Waals surface area contributed by atoms with Crippen molar-refractivity contribution in [1.29, 1.82) is 0 Å². The molecule has 0 aliphatic carbocycles. The standard InChI is InChI=1S/C8H8O3S/c9-8(10)5-6-1-3-7(12-11)4-2-6/h1-4,11H,5H2,(H,9,10). The van der Waals surface area contributed by atoms with Gasteiger partial charge in [0.1, 0.15) is 0 Å². The van der Waals surface area contributed by atoms with Gasteiger partial charge in [-0.2, -0.15) is 0 Å². The number of hydrogen-bond acceptors (Lipinski definition) is 3. The van der Waals surface area contributed by atoms with Crippen LogP contribution in [0.25, 0.3) is 0 Å². The van der Waals surface area contributed by atoms with Gasteiger partial charge in [0.2, 0.25) is 0 Å². The van der Waals surface area contributed by atoms with Crippen LogP contribution < -0.4 is 0 Å². The van der Waals surface area contributed by atoms with E-state index in [0.29, 0.717) is 16.9 Å². The molecular formula is C8H8O3S. The Hall–Kier alpha value is -1.00. The lowest BCUT2D eigenvalue weighted by molar-refractivity contribution is -0.136. The highest BCUT2D eigenvalue weighted by Gasteiger charge is 1.99. The Morgan fingerprint density at radius 1 is 1.33 bits per heavy atom. The molecule has 4 heteroatoms. The van der Waals surface area contributed by atoms with E-state index in [1.54, 1.807) is 24.3 Å². The predicted octanol–water partition coefficient (Wildman–Crippen LogP) is 1.88. The summed E-state index contributed by atoms with van der Waals surface area (Å²) in [5.41, 5.74) is 0.736. The van der Waals surface area contributed by atoms with Crippen molar-refractivity contribution in [2.45, 2.75) is 11.3 Å². The van der Waals surface area contributed by atoms with E-state index in [4.69, 9.17) is 9.66 Å². The molecule has 0 heterocycles. The molecule has 0 spiro atoms. The highest BCUT2D eigenvalue weighted by molar-refractivity contribution is 7.93. The van der Waals surface area contributed by atoms with Crippen molar-refractivity contribution in [1.82, 2.24) is 0 Å². The summed E-state index contributed by atoms with van der Waals surface area (Å²) in [6.45, 7) is 0. The topological polar surface area (TPSA) is 57.5 Å². The van der Waals surface area contributed by atoms with Crippen molar-refractivity contribution in [3.63, 3.8) is 0 Å². The third kappa shape index (κ3) is 2.56. The number of carboxylic acids is 1. The van der Waals surface area contributed by atoms with E-state index in [2.05, 4.69) is 0 Å². The van der Waals surface area contributed by atoms with Gasteiger partial charge in [-0.25, -0.2) is 0 Å². The number of benzene rings is 1. The van der Waals surface area contributed by atoms with E-state index >= 15 is 0 Å². The average Bonchev–Trinajstić information content (AvgIpc) is 2.05. The number of carbonyl (C=O) groups is 1. The fraction of sp³-hybridized carbons (Fsp3) is 0.125. The van der Waals surface area contributed by atoms with Crippen molar-refractivity contribution in [2.75, 3.05) is 0 Å². The summed E-state index contributed by atoms with van der Waals surface area (Å²) in [5.74, 6) is -0.848. The summed E-state index contributed by atoms with van der Waals surface area (Å²) in [4.78, 5) is 11.0. The number of carboxylic acid groups (broad SMARTS) is 1. The predicted molar refractivity (Wildman–Crippen MR) is 46.3 cm³/mol. The van der Waals surface area contributed by atoms with E-state index < -0.39 is 5.97 Å². The molecular weight excluding hydrogens is 176 g/mol. The molecule has 64 valence electrons. The first kappa shape index (κ1) is 9.09. The molecule has 3 nitrogen and oxygen atoms in total. The maximum atomic E-state index is 10.3. The van der Waals surface area contributed by atoms with E-state index in [0.717, 1.165) is 5.56 Å². The van der Waals surface area contributed by atoms with Crippen molar-refractivity contribution in [3.8, 4) is 0 Å². The SMILES string of the molecule is O=C(O)Cc1ccc(SO)cc1. The minimum atomic E-state index is -0.848. The number of aliphatic carboxylic acids is 1. The third-order valence-electron chi connectivity index (χ3n) is 1.38. The van der Waals surface area contributed by atoms with Crippen LogP contribution in [0.2, 0.25) is 0 Å². The Morgan fingerprint density at radius 3 is 2.33 bits per heavy atom. The van der Waals surface area contributed by atoms with Crippen LogP contribution in [0.15, 0.2) is 29.2 Å². The van der Waals surface area contributed by atoms with E-state index in [1.165, 1.54) is 0 Å². The molecule has 1 aromatic rings. The van der Waals surface area contributed by atoms with Crippen LogP contribution in [0, 0.1) is 0 Å². The highest BCUT2D eigenvalue weighted by Crippen LogP contribution is 2.14. The van der Waals surface area contributed by atoms with Gasteiger partial charge in [-0.1, -0.05) is 12.1 Å². The van der Waals surface area contributed by atoms with Crippen molar-refractivity contribution in [3.05, 3.63) is 29.8 Å². The Balaban J connectivity index is 2.71. The fourth-order valence-corrected chi connectivity index (χ4v) is 1.10. The van der Waals surface area contributed by atoms with E-state index in [-0.39, 0.29) is 6.42 Å². The first-order valence-corrected chi connectivity index (χ1v) is 4.12. The zero-order chi connectivity index (χ0) is 8.97. The first-order valence-electron chi connectivity index (χ1n) is 3.34. The molecule has 2 N–H and O–H groups in total. The lowest BCUT2D eigenvalue weighted by Crippen LogP contribution is -1.99. The average molecular weight is 184 g/mol. The second-order valence-corrected chi connectivity index (χ2v) is 2.96. The van der Waals surface area contributed by atoms with Gasteiger partial charge in [0, 0.05) is 16.9 Å².